The summed E-state index contributed by atoms with van der Waals surface area (Å²) in [5, 5.41) is 4.19. The van der Waals surface area contributed by atoms with E-state index in [4.69, 9.17) is 0 Å². The largest absolute Gasteiger partial charge is 0.335 e. The number of hydrogen-bond donors (Lipinski definition) is 0. The molecule has 0 saturated carbocycles. The lowest BCUT2D eigenvalue weighted by Crippen LogP contribution is -2.44. The van der Waals surface area contributed by atoms with Crippen LogP contribution in [0, 0.1) is 0 Å². The van der Waals surface area contributed by atoms with Crippen molar-refractivity contribution in [1.29, 1.82) is 0 Å². The maximum absolute atomic E-state index is 11.8. The average Bonchev–Trinajstić information content (AvgIpc) is 2.30. The zero-order valence-corrected chi connectivity index (χ0v) is 7.89. The first-order chi connectivity index (χ1) is 6.88. The number of hydrogen-bond acceptors (Lipinski definition) is 2. The molecule has 0 aromatic carbocycles. The number of carbonyl (C=O) groups excluding carboxylic acids is 1. The number of rotatable bonds is 1. The van der Waals surface area contributed by atoms with Crippen LogP contribution in [0.1, 0.15) is 10.5 Å². The highest BCUT2D eigenvalue weighted by molar-refractivity contribution is 5.92. The standard InChI is InChI=1S/C10H12N3O/c14-10(9-3-1-2-4-12-9)13-7-5-11-6-8-13/h1-4H,5-8H2. The molecule has 1 aliphatic heterocycles. The maximum atomic E-state index is 11.8. The van der Waals surface area contributed by atoms with Gasteiger partial charge >= 0.3 is 0 Å². The smallest absolute Gasteiger partial charge is 0.272 e. The number of amides is 1. The summed E-state index contributed by atoms with van der Waals surface area (Å²) in [6.07, 6.45) is 1.64. The Morgan fingerprint density at radius 2 is 2.07 bits per heavy atom. The van der Waals surface area contributed by atoms with E-state index in [9.17, 15) is 4.79 Å². The van der Waals surface area contributed by atoms with E-state index in [0.717, 1.165) is 26.2 Å². The van der Waals surface area contributed by atoms with Crippen LogP contribution < -0.4 is 5.32 Å². The molecule has 0 N–H and O–H groups in total. The van der Waals surface area contributed by atoms with E-state index < -0.39 is 0 Å². The van der Waals surface area contributed by atoms with Crippen LogP contribution in [0.4, 0.5) is 0 Å². The normalized spacial score (nSPS) is 16.7. The molecule has 4 heteroatoms. The van der Waals surface area contributed by atoms with Crippen LogP contribution in [0.15, 0.2) is 24.4 Å². The molecule has 0 unspecified atom stereocenters. The second-order valence-corrected chi connectivity index (χ2v) is 3.18. The van der Waals surface area contributed by atoms with Crippen molar-refractivity contribution in [3.63, 3.8) is 0 Å². The van der Waals surface area contributed by atoms with E-state index in [1.54, 1.807) is 17.2 Å². The van der Waals surface area contributed by atoms with Gasteiger partial charge in [0.25, 0.3) is 5.91 Å². The molecular weight excluding hydrogens is 178 g/mol. The molecule has 1 amide bonds. The maximum Gasteiger partial charge on any atom is 0.272 e. The first kappa shape index (κ1) is 9.15. The summed E-state index contributed by atoms with van der Waals surface area (Å²) in [6.45, 7) is 2.93. The molecular formula is C10H12N3O. The highest BCUT2D eigenvalue weighted by Gasteiger charge is 2.18. The van der Waals surface area contributed by atoms with E-state index in [1.807, 2.05) is 12.1 Å². The van der Waals surface area contributed by atoms with Crippen molar-refractivity contribution in [1.82, 2.24) is 15.2 Å². The molecule has 2 heterocycles. The van der Waals surface area contributed by atoms with Gasteiger partial charge in [-0.2, -0.15) is 0 Å². The van der Waals surface area contributed by atoms with E-state index >= 15 is 0 Å². The lowest BCUT2D eigenvalue weighted by molar-refractivity contribution is 0.0728. The van der Waals surface area contributed by atoms with Gasteiger partial charge in [-0.15, -0.1) is 0 Å². The second-order valence-electron chi connectivity index (χ2n) is 3.18. The Hall–Kier alpha value is -1.42. The fourth-order valence-corrected chi connectivity index (χ4v) is 1.46. The third-order valence-corrected chi connectivity index (χ3v) is 2.23. The van der Waals surface area contributed by atoms with E-state index in [-0.39, 0.29) is 5.91 Å². The lowest BCUT2D eigenvalue weighted by Gasteiger charge is -2.25. The molecule has 0 bridgehead atoms. The molecule has 0 spiro atoms. The summed E-state index contributed by atoms with van der Waals surface area (Å²) in [5.74, 6) is 0.0144. The zero-order chi connectivity index (χ0) is 9.80. The minimum atomic E-state index is 0.0144. The highest BCUT2D eigenvalue weighted by Crippen LogP contribution is 2.02. The summed E-state index contributed by atoms with van der Waals surface area (Å²) in [6, 6.07) is 5.38. The minimum Gasteiger partial charge on any atom is -0.335 e. The molecule has 1 aliphatic rings. The van der Waals surface area contributed by atoms with Gasteiger partial charge in [-0.1, -0.05) is 6.07 Å². The van der Waals surface area contributed by atoms with Gasteiger partial charge in [-0.05, 0) is 12.1 Å². The monoisotopic (exact) mass is 190 g/mol. The second kappa shape index (κ2) is 4.19. The van der Waals surface area contributed by atoms with Gasteiger partial charge in [-0.3, -0.25) is 9.78 Å². The van der Waals surface area contributed by atoms with Gasteiger partial charge in [0.1, 0.15) is 5.69 Å². The number of pyridine rings is 1. The average molecular weight is 190 g/mol. The first-order valence-electron chi connectivity index (χ1n) is 4.71. The Kier molecular flexibility index (Phi) is 2.74. The van der Waals surface area contributed by atoms with Crippen molar-refractivity contribution in [2.45, 2.75) is 0 Å². The van der Waals surface area contributed by atoms with Crippen LogP contribution >= 0.6 is 0 Å². The van der Waals surface area contributed by atoms with E-state index in [0.29, 0.717) is 5.69 Å². The molecule has 1 saturated heterocycles. The Labute approximate surface area is 82.9 Å². The lowest BCUT2D eigenvalue weighted by atomic mass is 10.3. The van der Waals surface area contributed by atoms with E-state index in [2.05, 4.69) is 10.3 Å². The fourth-order valence-electron chi connectivity index (χ4n) is 1.46. The van der Waals surface area contributed by atoms with Crippen LogP contribution in [0.5, 0.6) is 0 Å². The summed E-state index contributed by atoms with van der Waals surface area (Å²) in [5.41, 5.74) is 0.523. The van der Waals surface area contributed by atoms with Gasteiger partial charge in [0.05, 0.1) is 0 Å². The van der Waals surface area contributed by atoms with Gasteiger partial charge in [-0.25, -0.2) is 5.32 Å². The van der Waals surface area contributed by atoms with Crippen LogP contribution in [0.25, 0.3) is 0 Å². The summed E-state index contributed by atoms with van der Waals surface area (Å²) >= 11 is 0. The van der Waals surface area contributed by atoms with Crippen LogP contribution in [0.2, 0.25) is 0 Å². The van der Waals surface area contributed by atoms with Crippen LogP contribution in [0.3, 0.4) is 0 Å². The van der Waals surface area contributed by atoms with Crippen LogP contribution in [-0.2, 0) is 0 Å². The number of piperazine rings is 1. The van der Waals surface area contributed by atoms with Gasteiger partial charge in [0, 0.05) is 32.4 Å². The topological polar surface area (TPSA) is 47.3 Å². The Bertz CT molecular complexity index is 306. The molecule has 4 nitrogen and oxygen atoms in total. The number of nitrogens with zero attached hydrogens (tertiary/aromatic N) is 3. The zero-order valence-electron chi connectivity index (χ0n) is 7.89. The SMILES string of the molecule is O=C(c1ccccn1)N1CC[N]CC1. The summed E-state index contributed by atoms with van der Waals surface area (Å²) < 4.78 is 0. The van der Waals surface area contributed by atoms with Gasteiger partial charge < -0.3 is 4.90 Å². The molecule has 2 rings (SSSR count). The fraction of sp³-hybridized carbons (Fsp3) is 0.400. The molecule has 1 aromatic rings. The van der Waals surface area contributed by atoms with Crippen molar-refractivity contribution in [2.75, 3.05) is 26.2 Å². The van der Waals surface area contributed by atoms with Crippen LogP contribution in [-0.4, -0.2) is 42.0 Å². The molecule has 73 valence electrons. The van der Waals surface area contributed by atoms with Crippen molar-refractivity contribution >= 4 is 5.91 Å². The van der Waals surface area contributed by atoms with Crippen molar-refractivity contribution < 1.29 is 4.79 Å². The molecule has 1 fully saturated rings. The van der Waals surface area contributed by atoms with Crippen molar-refractivity contribution in [3.05, 3.63) is 30.1 Å². The quantitative estimate of drug-likeness (QED) is 0.632. The Morgan fingerprint density at radius 1 is 1.29 bits per heavy atom. The van der Waals surface area contributed by atoms with Crippen molar-refractivity contribution in [2.24, 2.45) is 0 Å². The molecule has 1 radical (unpaired) electrons. The predicted octanol–water partition coefficient (Wildman–Crippen LogP) is 0.142. The molecule has 0 aliphatic carbocycles. The van der Waals surface area contributed by atoms with Gasteiger partial charge in [0.2, 0.25) is 0 Å². The number of carbonyl (C=O) groups is 1. The Balaban J connectivity index is 2.07. The predicted molar refractivity (Wildman–Crippen MR) is 52.0 cm³/mol. The van der Waals surface area contributed by atoms with E-state index in [1.165, 1.54) is 0 Å². The molecule has 0 atom stereocenters. The third-order valence-electron chi connectivity index (χ3n) is 2.23. The first-order valence-corrected chi connectivity index (χ1v) is 4.71. The Morgan fingerprint density at radius 3 is 2.71 bits per heavy atom. The summed E-state index contributed by atoms with van der Waals surface area (Å²) in [7, 11) is 0. The number of aromatic nitrogens is 1. The minimum absolute atomic E-state index is 0.0144. The summed E-state index contributed by atoms with van der Waals surface area (Å²) in [4.78, 5) is 17.7. The van der Waals surface area contributed by atoms with Crippen molar-refractivity contribution in [3.8, 4) is 0 Å². The highest BCUT2D eigenvalue weighted by atomic mass is 16.2. The van der Waals surface area contributed by atoms with Gasteiger partial charge in [0.15, 0.2) is 0 Å². The third kappa shape index (κ3) is 1.90. The molecule has 14 heavy (non-hydrogen) atoms. The molecule has 1 aromatic heterocycles.